The lowest BCUT2D eigenvalue weighted by Gasteiger charge is -2.19. The standard InChI is InChI=1S/C24H31F2IN4O4Si/c1-24(2,3)35-23(32)28-11-15-9-16(25)20(17(26)10-15)34-22-19-18(27)12-31(21(19)29-13-30-22)14-33-7-8-36(4,5)6/h9-10,12-13H,7-8,11,14H2,1-6H3,(H,28,32). The second-order valence-electron chi connectivity index (χ2n) is 10.5. The molecule has 0 aliphatic rings. The predicted octanol–water partition coefficient (Wildman–Crippen LogP) is 6.44. The molecule has 3 aromatic rings. The average molecular weight is 633 g/mol. The van der Waals surface area contributed by atoms with E-state index in [1.807, 2.05) is 10.8 Å². The van der Waals surface area contributed by atoms with Crippen LogP contribution >= 0.6 is 22.6 Å². The van der Waals surface area contributed by atoms with E-state index in [-0.39, 0.29) is 18.0 Å². The molecular weight excluding hydrogens is 601 g/mol. The molecule has 1 N–H and O–H groups in total. The summed E-state index contributed by atoms with van der Waals surface area (Å²) in [5.41, 5.74) is 0.0706. The number of carbonyl (C=O) groups excluding carboxylic acids is 1. The number of benzene rings is 1. The van der Waals surface area contributed by atoms with Gasteiger partial charge in [-0.2, -0.15) is 0 Å². The van der Waals surface area contributed by atoms with E-state index in [0.717, 1.165) is 21.7 Å². The van der Waals surface area contributed by atoms with Gasteiger partial charge in [-0.05, 0) is 67.1 Å². The Kier molecular flexibility index (Phi) is 8.93. The molecule has 1 amide bonds. The second kappa shape index (κ2) is 11.4. The minimum Gasteiger partial charge on any atom is -0.444 e. The van der Waals surface area contributed by atoms with Crippen LogP contribution in [0.5, 0.6) is 11.6 Å². The third-order valence-corrected chi connectivity index (χ3v) is 7.41. The third kappa shape index (κ3) is 7.84. The first-order valence-corrected chi connectivity index (χ1v) is 16.2. The van der Waals surface area contributed by atoms with Crippen LogP contribution in [-0.4, -0.2) is 40.9 Å². The number of rotatable bonds is 9. The van der Waals surface area contributed by atoms with E-state index < -0.39 is 37.2 Å². The van der Waals surface area contributed by atoms with Crippen molar-refractivity contribution in [2.45, 2.75) is 65.3 Å². The Morgan fingerprint density at radius 1 is 1.17 bits per heavy atom. The van der Waals surface area contributed by atoms with Crippen molar-refractivity contribution in [3.05, 3.63) is 45.4 Å². The van der Waals surface area contributed by atoms with Gasteiger partial charge in [-0.25, -0.2) is 23.5 Å². The molecule has 12 heteroatoms. The minimum absolute atomic E-state index is 0.0303. The molecule has 0 bridgehead atoms. The molecule has 8 nitrogen and oxygen atoms in total. The Labute approximate surface area is 223 Å². The van der Waals surface area contributed by atoms with Gasteiger partial charge in [0.1, 0.15) is 24.3 Å². The Hall–Kier alpha value is -2.32. The molecule has 0 saturated carbocycles. The van der Waals surface area contributed by atoms with Gasteiger partial charge >= 0.3 is 6.09 Å². The maximum absolute atomic E-state index is 14.8. The summed E-state index contributed by atoms with van der Waals surface area (Å²) in [4.78, 5) is 20.2. The van der Waals surface area contributed by atoms with Crippen LogP contribution in [0, 0.1) is 15.2 Å². The molecule has 0 aliphatic heterocycles. The van der Waals surface area contributed by atoms with Crippen LogP contribution in [-0.2, 0) is 22.7 Å². The number of nitrogens with zero attached hydrogens (tertiary/aromatic N) is 3. The predicted molar refractivity (Wildman–Crippen MR) is 144 cm³/mol. The fourth-order valence-electron chi connectivity index (χ4n) is 3.16. The van der Waals surface area contributed by atoms with Crippen molar-refractivity contribution in [2.75, 3.05) is 6.61 Å². The lowest BCUT2D eigenvalue weighted by atomic mass is 10.2. The highest BCUT2D eigenvalue weighted by Crippen LogP contribution is 2.34. The number of hydrogen-bond acceptors (Lipinski definition) is 6. The molecule has 2 aromatic heterocycles. The van der Waals surface area contributed by atoms with Gasteiger partial charge in [-0.1, -0.05) is 19.6 Å². The number of fused-ring (bicyclic) bond motifs is 1. The molecule has 1 aromatic carbocycles. The lowest BCUT2D eigenvalue weighted by molar-refractivity contribution is 0.0523. The van der Waals surface area contributed by atoms with Gasteiger partial charge in [-0.3, -0.25) is 0 Å². The van der Waals surface area contributed by atoms with E-state index in [2.05, 4.69) is 57.5 Å². The maximum atomic E-state index is 14.8. The first-order valence-electron chi connectivity index (χ1n) is 11.4. The molecule has 0 saturated heterocycles. The number of hydrogen-bond donors (Lipinski definition) is 1. The highest BCUT2D eigenvalue weighted by atomic mass is 127. The monoisotopic (exact) mass is 632 g/mol. The van der Waals surface area contributed by atoms with Crippen molar-refractivity contribution < 1.29 is 27.8 Å². The van der Waals surface area contributed by atoms with Crippen molar-refractivity contribution in [3.8, 4) is 11.6 Å². The van der Waals surface area contributed by atoms with Crippen LogP contribution in [0.2, 0.25) is 25.7 Å². The number of ether oxygens (including phenoxy) is 3. The zero-order valence-electron chi connectivity index (χ0n) is 21.2. The SMILES string of the molecule is CC(C)(C)OC(=O)NCc1cc(F)c(Oc2ncnc3c2c(I)cn3COCC[Si](C)(C)C)c(F)c1. The summed E-state index contributed by atoms with van der Waals surface area (Å²) in [6.07, 6.45) is 2.43. The van der Waals surface area contributed by atoms with Crippen LogP contribution in [0.25, 0.3) is 11.0 Å². The number of halogens is 3. The van der Waals surface area contributed by atoms with E-state index in [1.165, 1.54) is 6.33 Å². The van der Waals surface area contributed by atoms with Crippen molar-refractivity contribution in [1.82, 2.24) is 19.9 Å². The molecule has 196 valence electrons. The van der Waals surface area contributed by atoms with Gasteiger partial charge in [0.05, 0.1) is 5.39 Å². The van der Waals surface area contributed by atoms with Crippen molar-refractivity contribution in [2.24, 2.45) is 0 Å². The number of nitrogens with one attached hydrogen (secondary N) is 1. The summed E-state index contributed by atoms with van der Waals surface area (Å²) in [7, 11) is -1.21. The molecule has 0 unspecified atom stereocenters. The highest BCUT2D eigenvalue weighted by molar-refractivity contribution is 14.1. The van der Waals surface area contributed by atoms with Crippen molar-refractivity contribution in [3.63, 3.8) is 0 Å². The van der Waals surface area contributed by atoms with Crippen LogP contribution in [0.15, 0.2) is 24.7 Å². The summed E-state index contributed by atoms with van der Waals surface area (Å²) >= 11 is 2.10. The first kappa shape index (κ1) is 28.3. The summed E-state index contributed by atoms with van der Waals surface area (Å²) in [5, 5.41) is 3.00. The average Bonchev–Trinajstić information content (AvgIpc) is 3.07. The molecule has 0 radical (unpaired) electrons. The first-order chi connectivity index (χ1) is 16.7. The Bertz CT molecular complexity index is 1220. The van der Waals surface area contributed by atoms with Crippen LogP contribution in [0.4, 0.5) is 13.6 Å². The van der Waals surface area contributed by atoms with Crippen molar-refractivity contribution in [1.29, 1.82) is 0 Å². The van der Waals surface area contributed by atoms with Gasteiger partial charge in [0.25, 0.3) is 0 Å². The fourth-order valence-corrected chi connectivity index (χ4v) is 4.73. The molecule has 36 heavy (non-hydrogen) atoms. The summed E-state index contributed by atoms with van der Waals surface area (Å²) in [6.45, 7) is 12.8. The van der Waals surface area contributed by atoms with E-state index in [4.69, 9.17) is 14.2 Å². The van der Waals surface area contributed by atoms with Gasteiger partial charge in [0, 0.05) is 31.0 Å². The third-order valence-electron chi connectivity index (χ3n) is 4.89. The summed E-state index contributed by atoms with van der Waals surface area (Å²) < 4.78 is 48.8. The molecule has 0 spiro atoms. The van der Waals surface area contributed by atoms with E-state index >= 15 is 0 Å². The molecule has 0 atom stereocenters. The lowest BCUT2D eigenvalue weighted by Crippen LogP contribution is -2.32. The van der Waals surface area contributed by atoms with E-state index in [0.29, 0.717) is 24.4 Å². The zero-order valence-corrected chi connectivity index (χ0v) is 24.4. The van der Waals surface area contributed by atoms with Crippen LogP contribution < -0.4 is 10.1 Å². The summed E-state index contributed by atoms with van der Waals surface area (Å²) in [6, 6.07) is 3.22. The van der Waals surface area contributed by atoms with E-state index in [9.17, 15) is 13.6 Å². The number of aromatic nitrogens is 3. The highest BCUT2D eigenvalue weighted by Gasteiger charge is 2.21. The molecule has 0 aliphatic carbocycles. The van der Waals surface area contributed by atoms with Crippen LogP contribution in [0.1, 0.15) is 26.3 Å². The van der Waals surface area contributed by atoms with Gasteiger partial charge < -0.3 is 24.1 Å². The molecule has 2 heterocycles. The Morgan fingerprint density at radius 3 is 2.44 bits per heavy atom. The smallest absolute Gasteiger partial charge is 0.407 e. The Morgan fingerprint density at radius 2 is 1.83 bits per heavy atom. The van der Waals surface area contributed by atoms with Gasteiger partial charge in [0.15, 0.2) is 11.6 Å². The largest absolute Gasteiger partial charge is 0.444 e. The number of carbonyl (C=O) groups is 1. The molecule has 0 fully saturated rings. The quantitative estimate of drug-likeness (QED) is 0.166. The molecule has 3 rings (SSSR count). The van der Waals surface area contributed by atoms with Gasteiger partial charge in [0.2, 0.25) is 11.6 Å². The van der Waals surface area contributed by atoms with E-state index in [1.54, 1.807) is 20.8 Å². The van der Waals surface area contributed by atoms with Crippen molar-refractivity contribution >= 4 is 47.8 Å². The van der Waals surface area contributed by atoms with Crippen LogP contribution in [0.3, 0.4) is 0 Å². The Balaban J connectivity index is 1.76. The topological polar surface area (TPSA) is 87.5 Å². The minimum atomic E-state index is -1.21. The van der Waals surface area contributed by atoms with Gasteiger partial charge in [-0.15, -0.1) is 0 Å². The molecular formula is C24H31F2IN4O4Si. The summed E-state index contributed by atoms with van der Waals surface area (Å²) in [5.74, 6) is -2.41. The second-order valence-corrected chi connectivity index (χ2v) is 17.3. The fraction of sp³-hybridized carbons (Fsp3) is 0.458. The normalized spacial score (nSPS) is 12.1. The zero-order chi connectivity index (χ0) is 26.7. The number of amides is 1. The maximum Gasteiger partial charge on any atom is 0.407 e. The number of alkyl carbamates (subject to hydrolysis) is 1.